The van der Waals surface area contributed by atoms with Gasteiger partial charge in [0.05, 0.1) is 0 Å². The molecule has 2 aromatic carbocycles. The Morgan fingerprint density at radius 2 is 1.77 bits per heavy atom. The molecule has 2 aromatic rings. The summed E-state index contributed by atoms with van der Waals surface area (Å²) >= 11 is 0. The number of likely N-dealkylation sites (tertiary alicyclic amines) is 1. The van der Waals surface area contributed by atoms with Crippen LogP contribution in [0.4, 0.5) is 0 Å². The number of amides is 1. The van der Waals surface area contributed by atoms with E-state index in [1.54, 1.807) is 30.3 Å². The summed E-state index contributed by atoms with van der Waals surface area (Å²) in [5.41, 5.74) is 5.79. The van der Waals surface area contributed by atoms with E-state index in [0.29, 0.717) is 0 Å². The Morgan fingerprint density at radius 1 is 1.08 bits per heavy atom. The van der Waals surface area contributed by atoms with E-state index < -0.39 is 0 Å². The standard InChI is InChI=1S/C21H23N3O2/c25-20-9-6-17(7-10-20)8-11-21(26)23-22-19-12-14-24(15-13-19)16-18-4-2-1-3-5-18/h1-11,25H,12-16H2,(H,23,26)/b11-8+. The monoisotopic (exact) mass is 349 g/mol. The van der Waals surface area contributed by atoms with E-state index in [1.807, 2.05) is 6.07 Å². The number of phenolic OH excluding ortho intramolecular Hbond substituents is 1. The fourth-order valence-electron chi connectivity index (χ4n) is 2.85. The molecule has 1 saturated heterocycles. The highest BCUT2D eigenvalue weighted by Gasteiger charge is 2.15. The van der Waals surface area contributed by atoms with Crippen LogP contribution in [-0.2, 0) is 11.3 Å². The van der Waals surface area contributed by atoms with E-state index >= 15 is 0 Å². The van der Waals surface area contributed by atoms with Gasteiger partial charge >= 0.3 is 0 Å². The summed E-state index contributed by atoms with van der Waals surface area (Å²) in [5.74, 6) is -0.0473. The van der Waals surface area contributed by atoms with Gasteiger partial charge in [0.1, 0.15) is 5.75 Å². The maximum Gasteiger partial charge on any atom is 0.264 e. The van der Waals surface area contributed by atoms with Crippen LogP contribution in [0, 0.1) is 0 Å². The lowest BCUT2D eigenvalue weighted by molar-refractivity contribution is -0.116. The van der Waals surface area contributed by atoms with E-state index in [4.69, 9.17) is 0 Å². The first-order valence-corrected chi connectivity index (χ1v) is 8.78. The van der Waals surface area contributed by atoms with Crippen LogP contribution in [0.25, 0.3) is 6.08 Å². The average molecular weight is 349 g/mol. The largest absolute Gasteiger partial charge is 0.508 e. The number of phenols is 1. The molecule has 0 radical (unpaired) electrons. The van der Waals surface area contributed by atoms with Crippen LogP contribution in [-0.4, -0.2) is 34.7 Å². The number of nitrogens with zero attached hydrogens (tertiary/aromatic N) is 2. The van der Waals surface area contributed by atoms with Crippen LogP contribution >= 0.6 is 0 Å². The molecular weight excluding hydrogens is 326 g/mol. The Morgan fingerprint density at radius 3 is 2.46 bits per heavy atom. The Labute approximate surface area is 153 Å². The van der Waals surface area contributed by atoms with Crippen LogP contribution in [0.1, 0.15) is 24.0 Å². The zero-order chi connectivity index (χ0) is 18.2. The molecule has 1 amide bonds. The van der Waals surface area contributed by atoms with Crippen LogP contribution in [0.3, 0.4) is 0 Å². The molecule has 1 aliphatic heterocycles. The molecule has 0 aliphatic carbocycles. The SMILES string of the molecule is O=C(/C=C/c1ccc(O)cc1)NN=C1CCN(Cc2ccccc2)CC1. The van der Waals surface area contributed by atoms with Crippen molar-refractivity contribution in [3.63, 3.8) is 0 Å². The number of aromatic hydroxyl groups is 1. The first-order valence-electron chi connectivity index (χ1n) is 8.78. The lowest BCUT2D eigenvalue weighted by Crippen LogP contribution is -2.34. The second-order valence-corrected chi connectivity index (χ2v) is 6.34. The number of nitrogens with one attached hydrogen (secondary N) is 1. The molecule has 0 unspecified atom stereocenters. The van der Waals surface area contributed by atoms with Crippen LogP contribution in [0.15, 0.2) is 65.8 Å². The second-order valence-electron chi connectivity index (χ2n) is 6.34. The molecule has 1 fully saturated rings. The third kappa shape index (κ3) is 5.57. The molecule has 134 valence electrons. The summed E-state index contributed by atoms with van der Waals surface area (Å²) in [7, 11) is 0. The Kier molecular flexibility index (Phi) is 6.17. The molecule has 2 N–H and O–H groups in total. The highest BCUT2D eigenvalue weighted by molar-refractivity contribution is 5.93. The molecule has 1 aliphatic rings. The zero-order valence-electron chi connectivity index (χ0n) is 14.6. The minimum absolute atomic E-state index is 0.205. The van der Waals surface area contributed by atoms with Crippen molar-refractivity contribution in [3.8, 4) is 5.75 Å². The van der Waals surface area contributed by atoms with E-state index in [-0.39, 0.29) is 11.7 Å². The number of carbonyl (C=O) groups is 1. The van der Waals surface area contributed by atoms with Gasteiger partial charge in [-0.05, 0) is 29.3 Å². The number of hydrazone groups is 1. The third-order valence-corrected chi connectivity index (χ3v) is 4.33. The molecule has 26 heavy (non-hydrogen) atoms. The summed E-state index contributed by atoms with van der Waals surface area (Å²) in [4.78, 5) is 14.3. The number of benzene rings is 2. The van der Waals surface area contributed by atoms with Crippen LogP contribution in [0.2, 0.25) is 0 Å². The summed E-state index contributed by atoms with van der Waals surface area (Å²) < 4.78 is 0. The fraction of sp³-hybridized carbons (Fsp3) is 0.238. The average Bonchev–Trinajstić information content (AvgIpc) is 2.68. The molecule has 0 saturated carbocycles. The van der Waals surface area contributed by atoms with E-state index in [0.717, 1.165) is 43.8 Å². The lowest BCUT2D eigenvalue weighted by atomic mass is 10.1. The van der Waals surface area contributed by atoms with E-state index in [9.17, 15) is 9.90 Å². The smallest absolute Gasteiger partial charge is 0.264 e. The van der Waals surface area contributed by atoms with Gasteiger partial charge in [-0.25, -0.2) is 5.43 Å². The number of carbonyl (C=O) groups excluding carboxylic acids is 1. The van der Waals surface area contributed by atoms with E-state index in [2.05, 4.69) is 39.7 Å². The van der Waals surface area contributed by atoms with Gasteiger partial charge in [0.25, 0.3) is 5.91 Å². The minimum Gasteiger partial charge on any atom is -0.508 e. The van der Waals surface area contributed by atoms with Gasteiger partial charge < -0.3 is 5.11 Å². The van der Waals surface area contributed by atoms with Crippen molar-refractivity contribution in [1.82, 2.24) is 10.3 Å². The number of piperidine rings is 1. The van der Waals surface area contributed by atoms with Gasteiger partial charge in [-0.2, -0.15) is 5.10 Å². The first kappa shape index (κ1) is 17.9. The molecule has 3 rings (SSSR count). The molecular formula is C21H23N3O2. The van der Waals surface area contributed by atoms with Crippen molar-refractivity contribution in [3.05, 3.63) is 71.8 Å². The van der Waals surface area contributed by atoms with Gasteiger partial charge in [0, 0.05) is 44.3 Å². The van der Waals surface area contributed by atoms with Crippen LogP contribution < -0.4 is 5.43 Å². The summed E-state index contributed by atoms with van der Waals surface area (Å²) in [6, 6.07) is 17.1. The first-order chi connectivity index (χ1) is 12.7. The summed E-state index contributed by atoms with van der Waals surface area (Å²) in [5, 5.41) is 13.5. The van der Waals surface area contributed by atoms with Crippen molar-refractivity contribution in [1.29, 1.82) is 0 Å². The van der Waals surface area contributed by atoms with Crippen LogP contribution in [0.5, 0.6) is 5.75 Å². The lowest BCUT2D eigenvalue weighted by Gasteiger charge is -2.27. The van der Waals surface area contributed by atoms with Gasteiger partial charge in [0.2, 0.25) is 0 Å². The summed E-state index contributed by atoms with van der Waals surface area (Å²) in [6.07, 6.45) is 4.88. The Balaban J connectivity index is 1.43. The van der Waals surface area contributed by atoms with Crippen molar-refractivity contribution in [2.75, 3.05) is 13.1 Å². The predicted molar refractivity (Wildman–Crippen MR) is 104 cm³/mol. The zero-order valence-corrected chi connectivity index (χ0v) is 14.6. The van der Waals surface area contributed by atoms with Crippen molar-refractivity contribution in [2.24, 2.45) is 5.10 Å². The predicted octanol–water partition coefficient (Wildman–Crippen LogP) is 3.17. The number of hydrogen-bond donors (Lipinski definition) is 2. The van der Waals surface area contributed by atoms with Gasteiger partial charge in [-0.3, -0.25) is 9.69 Å². The highest BCUT2D eigenvalue weighted by Crippen LogP contribution is 2.12. The summed E-state index contributed by atoms with van der Waals surface area (Å²) in [6.45, 7) is 2.86. The van der Waals surface area contributed by atoms with E-state index in [1.165, 1.54) is 11.6 Å². The number of rotatable bonds is 5. The maximum absolute atomic E-state index is 11.9. The minimum atomic E-state index is -0.253. The Hall–Kier alpha value is -2.92. The molecule has 0 aromatic heterocycles. The topological polar surface area (TPSA) is 64.9 Å². The normalized spacial score (nSPS) is 15.2. The highest BCUT2D eigenvalue weighted by atomic mass is 16.3. The maximum atomic E-state index is 11.9. The molecule has 0 atom stereocenters. The Bertz CT molecular complexity index is 773. The second kappa shape index (κ2) is 8.97. The number of hydrogen-bond acceptors (Lipinski definition) is 4. The van der Waals surface area contributed by atoms with Gasteiger partial charge in [0.15, 0.2) is 0 Å². The molecule has 0 bridgehead atoms. The third-order valence-electron chi connectivity index (χ3n) is 4.33. The molecule has 5 nitrogen and oxygen atoms in total. The van der Waals surface area contributed by atoms with Gasteiger partial charge in [-0.1, -0.05) is 42.5 Å². The molecule has 1 heterocycles. The van der Waals surface area contributed by atoms with Crippen molar-refractivity contribution >= 4 is 17.7 Å². The van der Waals surface area contributed by atoms with Gasteiger partial charge in [-0.15, -0.1) is 0 Å². The van der Waals surface area contributed by atoms with Crippen molar-refractivity contribution in [2.45, 2.75) is 19.4 Å². The molecule has 0 spiro atoms. The van der Waals surface area contributed by atoms with Crippen molar-refractivity contribution < 1.29 is 9.90 Å². The quantitative estimate of drug-likeness (QED) is 0.644. The fourth-order valence-corrected chi connectivity index (χ4v) is 2.85. The molecule has 5 heteroatoms.